The van der Waals surface area contributed by atoms with Gasteiger partial charge in [-0.3, -0.25) is 9.59 Å². The Morgan fingerprint density at radius 2 is 1.62 bits per heavy atom. The normalized spacial score (nSPS) is 10.3. The number of carbonyl (C=O) groups is 2. The fraction of sp³-hybridized carbons (Fsp3) is 0.333. The molecule has 0 bridgehead atoms. The molecular weight excluding hydrogens is 328 g/mol. The highest BCUT2D eigenvalue weighted by Crippen LogP contribution is 2.19. The van der Waals surface area contributed by atoms with Gasteiger partial charge in [-0.1, -0.05) is 29.8 Å². The van der Waals surface area contributed by atoms with E-state index in [1.54, 1.807) is 7.05 Å². The number of hydrogen-bond donors (Lipinski definition) is 1. The number of rotatable bonds is 6. The van der Waals surface area contributed by atoms with Crippen molar-refractivity contribution in [1.82, 2.24) is 4.90 Å². The Morgan fingerprint density at radius 3 is 2.31 bits per heavy atom. The number of benzene rings is 2. The minimum atomic E-state index is -0.249. The van der Waals surface area contributed by atoms with Gasteiger partial charge in [-0.25, -0.2) is 0 Å². The van der Waals surface area contributed by atoms with Crippen LogP contribution in [0.1, 0.15) is 22.3 Å². The van der Waals surface area contributed by atoms with Crippen LogP contribution in [0.15, 0.2) is 36.4 Å². The molecule has 0 saturated carbocycles. The Balaban J connectivity index is 1.87. The van der Waals surface area contributed by atoms with Crippen LogP contribution in [0.4, 0.5) is 5.69 Å². The lowest BCUT2D eigenvalue weighted by Crippen LogP contribution is -2.37. The SMILES string of the molecule is Cc1ccc(OCC(=O)N(C)CC(=O)Nc2cc(C)ccc2C)c(C)c1. The van der Waals surface area contributed by atoms with E-state index in [9.17, 15) is 9.59 Å². The summed E-state index contributed by atoms with van der Waals surface area (Å²) in [6.07, 6.45) is 0. The summed E-state index contributed by atoms with van der Waals surface area (Å²) >= 11 is 0. The molecule has 5 nitrogen and oxygen atoms in total. The molecular formula is C21H26N2O3. The number of ether oxygens (including phenoxy) is 1. The number of nitrogens with zero attached hydrogens (tertiary/aromatic N) is 1. The van der Waals surface area contributed by atoms with Gasteiger partial charge in [0.15, 0.2) is 6.61 Å². The van der Waals surface area contributed by atoms with Crippen molar-refractivity contribution in [2.24, 2.45) is 0 Å². The number of likely N-dealkylation sites (N-methyl/N-ethyl adjacent to an activating group) is 1. The molecule has 0 heterocycles. The number of carbonyl (C=O) groups excluding carboxylic acids is 2. The molecule has 0 spiro atoms. The molecule has 0 aliphatic carbocycles. The quantitative estimate of drug-likeness (QED) is 0.865. The lowest BCUT2D eigenvalue weighted by atomic mass is 10.1. The first-order valence-electron chi connectivity index (χ1n) is 8.57. The van der Waals surface area contributed by atoms with Gasteiger partial charge in [0.1, 0.15) is 5.75 Å². The Morgan fingerprint density at radius 1 is 0.962 bits per heavy atom. The average molecular weight is 354 g/mol. The van der Waals surface area contributed by atoms with Crippen LogP contribution in [-0.4, -0.2) is 36.9 Å². The zero-order valence-electron chi connectivity index (χ0n) is 16.1. The maximum atomic E-state index is 12.2. The first-order chi connectivity index (χ1) is 12.3. The summed E-state index contributed by atoms with van der Waals surface area (Å²) in [5.41, 5.74) is 4.94. The molecule has 0 fully saturated rings. The van der Waals surface area contributed by atoms with Gasteiger partial charge in [-0.15, -0.1) is 0 Å². The minimum Gasteiger partial charge on any atom is -0.484 e. The number of amides is 2. The highest BCUT2D eigenvalue weighted by molar-refractivity contribution is 5.95. The fourth-order valence-corrected chi connectivity index (χ4v) is 2.57. The summed E-state index contributed by atoms with van der Waals surface area (Å²) in [5, 5.41) is 2.85. The maximum Gasteiger partial charge on any atom is 0.260 e. The summed E-state index contributed by atoms with van der Waals surface area (Å²) in [6.45, 7) is 7.72. The van der Waals surface area contributed by atoms with E-state index in [-0.39, 0.29) is 25.0 Å². The molecule has 0 saturated heterocycles. The van der Waals surface area contributed by atoms with Crippen LogP contribution in [0.2, 0.25) is 0 Å². The molecule has 5 heteroatoms. The van der Waals surface area contributed by atoms with Crippen molar-refractivity contribution in [3.8, 4) is 5.75 Å². The van der Waals surface area contributed by atoms with Crippen LogP contribution < -0.4 is 10.1 Å². The monoisotopic (exact) mass is 354 g/mol. The third-order valence-corrected chi connectivity index (χ3v) is 4.16. The number of anilines is 1. The third kappa shape index (κ3) is 5.34. The molecule has 0 unspecified atom stereocenters. The first kappa shape index (κ1) is 19.5. The summed E-state index contributed by atoms with van der Waals surface area (Å²) < 4.78 is 5.59. The van der Waals surface area contributed by atoms with Crippen LogP contribution in [0.3, 0.4) is 0 Å². The second-order valence-corrected chi connectivity index (χ2v) is 6.67. The molecule has 0 radical (unpaired) electrons. The lowest BCUT2D eigenvalue weighted by Gasteiger charge is -2.18. The van der Waals surface area contributed by atoms with E-state index in [0.29, 0.717) is 5.75 Å². The smallest absolute Gasteiger partial charge is 0.260 e. The van der Waals surface area contributed by atoms with Crippen LogP contribution in [-0.2, 0) is 9.59 Å². The standard InChI is InChI=1S/C21H26N2O3/c1-14-7-9-19(17(4)10-14)26-13-21(25)23(5)12-20(24)22-18-11-15(2)6-8-16(18)3/h6-11H,12-13H2,1-5H3,(H,22,24). The molecule has 0 aliphatic heterocycles. The van der Waals surface area contributed by atoms with Crippen molar-refractivity contribution in [2.45, 2.75) is 27.7 Å². The highest BCUT2D eigenvalue weighted by atomic mass is 16.5. The van der Waals surface area contributed by atoms with E-state index in [1.807, 2.05) is 64.1 Å². The average Bonchev–Trinajstić information content (AvgIpc) is 2.57. The summed E-state index contributed by atoms with van der Waals surface area (Å²) in [7, 11) is 1.59. The molecule has 26 heavy (non-hydrogen) atoms. The van der Waals surface area contributed by atoms with Crippen molar-refractivity contribution in [3.63, 3.8) is 0 Å². The molecule has 138 valence electrons. The van der Waals surface area contributed by atoms with E-state index in [4.69, 9.17) is 4.74 Å². The van der Waals surface area contributed by atoms with E-state index in [0.717, 1.165) is 27.9 Å². The van der Waals surface area contributed by atoms with Gasteiger partial charge < -0.3 is 15.0 Å². The zero-order valence-corrected chi connectivity index (χ0v) is 16.1. The van der Waals surface area contributed by atoms with Crippen molar-refractivity contribution < 1.29 is 14.3 Å². The Kier molecular flexibility index (Phi) is 6.39. The van der Waals surface area contributed by atoms with E-state index < -0.39 is 0 Å². The Hall–Kier alpha value is -2.82. The number of hydrogen-bond acceptors (Lipinski definition) is 3. The molecule has 2 amide bonds. The minimum absolute atomic E-state index is 0.0253. The molecule has 2 aromatic carbocycles. The van der Waals surface area contributed by atoms with Crippen LogP contribution in [0.25, 0.3) is 0 Å². The highest BCUT2D eigenvalue weighted by Gasteiger charge is 2.15. The van der Waals surface area contributed by atoms with E-state index in [1.165, 1.54) is 4.90 Å². The van der Waals surface area contributed by atoms with Gasteiger partial charge in [0.05, 0.1) is 6.54 Å². The van der Waals surface area contributed by atoms with Gasteiger partial charge in [0, 0.05) is 12.7 Å². The molecule has 1 N–H and O–H groups in total. The summed E-state index contributed by atoms with van der Waals surface area (Å²) in [4.78, 5) is 25.8. The summed E-state index contributed by atoms with van der Waals surface area (Å²) in [6, 6.07) is 11.7. The van der Waals surface area contributed by atoms with Crippen LogP contribution in [0.5, 0.6) is 5.75 Å². The van der Waals surface area contributed by atoms with Crippen molar-refractivity contribution in [2.75, 3.05) is 25.5 Å². The molecule has 0 atom stereocenters. The molecule has 2 rings (SSSR count). The maximum absolute atomic E-state index is 12.2. The van der Waals surface area contributed by atoms with Crippen LogP contribution in [0, 0.1) is 27.7 Å². The largest absolute Gasteiger partial charge is 0.484 e. The molecule has 0 aliphatic rings. The van der Waals surface area contributed by atoms with E-state index in [2.05, 4.69) is 5.32 Å². The van der Waals surface area contributed by atoms with Crippen LogP contribution >= 0.6 is 0 Å². The fourth-order valence-electron chi connectivity index (χ4n) is 2.57. The van der Waals surface area contributed by atoms with E-state index >= 15 is 0 Å². The number of aryl methyl sites for hydroxylation is 4. The van der Waals surface area contributed by atoms with Gasteiger partial charge in [-0.05, 0) is 56.5 Å². The predicted molar refractivity (Wildman–Crippen MR) is 104 cm³/mol. The van der Waals surface area contributed by atoms with Gasteiger partial charge in [0.25, 0.3) is 5.91 Å². The van der Waals surface area contributed by atoms with Gasteiger partial charge >= 0.3 is 0 Å². The number of nitrogens with one attached hydrogen (secondary N) is 1. The first-order valence-corrected chi connectivity index (χ1v) is 8.57. The second kappa shape index (κ2) is 8.52. The van der Waals surface area contributed by atoms with Crippen molar-refractivity contribution >= 4 is 17.5 Å². The van der Waals surface area contributed by atoms with Gasteiger partial charge in [0.2, 0.25) is 5.91 Å². The lowest BCUT2D eigenvalue weighted by molar-refractivity contribution is -0.135. The second-order valence-electron chi connectivity index (χ2n) is 6.67. The zero-order chi connectivity index (χ0) is 19.3. The predicted octanol–water partition coefficient (Wildman–Crippen LogP) is 3.40. The van der Waals surface area contributed by atoms with Crippen molar-refractivity contribution in [3.05, 3.63) is 58.7 Å². The Labute approximate surface area is 155 Å². The van der Waals surface area contributed by atoms with Crippen molar-refractivity contribution in [1.29, 1.82) is 0 Å². The summed E-state index contributed by atoms with van der Waals surface area (Å²) in [5.74, 6) is 0.194. The topological polar surface area (TPSA) is 58.6 Å². The Bertz CT molecular complexity index is 815. The molecule has 0 aromatic heterocycles. The van der Waals surface area contributed by atoms with Gasteiger partial charge in [-0.2, -0.15) is 0 Å². The molecule has 2 aromatic rings. The third-order valence-electron chi connectivity index (χ3n) is 4.16.